The molecule has 20 heavy (non-hydrogen) atoms. The van der Waals surface area contributed by atoms with Crippen LogP contribution in [0.1, 0.15) is 16.8 Å². The fraction of sp³-hybridized carbons (Fsp3) is 0.308. The standard InChI is InChI=1S/C13H13ClN2O4/c1-20-13(19)9-5-8(14)2-3-10(9)16-12(18)7-4-11(17)15-6-7/h2-3,5,7H,4,6H2,1H3,(H,15,17)(H,16,18). The van der Waals surface area contributed by atoms with Crippen LogP contribution in [0.2, 0.25) is 5.02 Å². The average Bonchev–Trinajstić information content (AvgIpc) is 2.86. The van der Waals surface area contributed by atoms with E-state index in [9.17, 15) is 14.4 Å². The van der Waals surface area contributed by atoms with E-state index in [2.05, 4.69) is 15.4 Å². The second-order valence-electron chi connectivity index (χ2n) is 4.38. The highest BCUT2D eigenvalue weighted by Crippen LogP contribution is 2.23. The predicted octanol–water partition coefficient (Wildman–Crippen LogP) is 1.20. The van der Waals surface area contributed by atoms with E-state index in [1.165, 1.54) is 19.2 Å². The van der Waals surface area contributed by atoms with Gasteiger partial charge in [0, 0.05) is 18.0 Å². The maximum Gasteiger partial charge on any atom is 0.340 e. The van der Waals surface area contributed by atoms with Crippen molar-refractivity contribution < 1.29 is 19.1 Å². The van der Waals surface area contributed by atoms with Gasteiger partial charge in [-0.3, -0.25) is 9.59 Å². The third-order valence-corrected chi connectivity index (χ3v) is 3.23. The van der Waals surface area contributed by atoms with Crippen LogP contribution in [0.3, 0.4) is 0 Å². The maximum absolute atomic E-state index is 12.0. The summed E-state index contributed by atoms with van der Waals surface area (Å²) in [5.74, 6) is -1.52. The molecule has 2 rings (SSSR count). The van der Waals surface area contributed by atoms with E-state index in [4.69, 9.17) is 11.6 Å². The van der Waals surface area contributed by atoms with Gasteiger partial charge in [0.15, 0.2) is 0 Å². The van der Waals surface area contributed by atoms with Crippen LogP contribution in [-0.4, -0.2) is 31.4 Å². The lowest BCUT2D eigenvalue weighted by molar-refractivity contribution is -0.123. The van der Waals surface area contributed by atoms with E-state index in [0.717, 1.165) is 0 Å². The van der Waals surface area contributed by atoms with E-state index in [0.29, 0.717) is 17.3 Å². The van der Waals surface area contributed by atoms with Crippen molar-refractivity contribution in [1.29, 1.82) is 0 Å². The molecule has 106 valence electrons. The van der Waals surface area contributed by atoms with Gasteiger partial charge in [-0.25, -0.2) is 4.79 Å². The number of ether oxygens (including phenoxy) is 1. The van der Waals surface area contributed by atoms with Gasteiger partial charge in [0.25, 0.3) is 0 Å². The van der Waals surface area contributed by atoms with Crippen molar-refractivity contribution in [3.63, 3.8) is 0 Å². The number of benzene rings is 1. The van der Waals surface area contributed by atoms with E-state index < -0.39 is 11.9 Å². The Hall–Kier alpha value is -2.08. The first kappa shape index (κ1) is 14.3. The number of amides is 2. The molecule has 0 aliphatic carbocycles. The largest absolute Gasteiger partial charge is 0.465 e. The Labute approximate surface area is 120 Å². The molecule has 6 nitrogen and oxygen atoms in total. The summed E-state index contributed by atoms with van der Waals surface area (Å²) in [6.45, 7) is 0.297. The molecular weight excluding hydrogens is 284 g/mol. The van der Waals surface area contributed by atoms with Crippen LogP contribution in [-0.2, 0) is 14.3 Å². The summed E-state index contributed by atoms with van der Waals surface area (Å²) >= 11 is 5.83. The Morgan fingerprint density at radius 3 is 2.80 bits per heavy atom. The van der Waals surface area contributed by atoms with Crippen LogP contribution >= 0.6 is 11.6 Å². The normalized spacial score (nSPS) is 17.5. The molecule has 1 fully saturated rings. The first-order valence-electron chi connectivity index (χ1n) is 5.96. The molecule has 1 atom stereocenters. The number of nitrogens with one attached hydrogen (secondary N) is 2. The Bertz CT molecular complexity index is 573. The van der Waals surface area contributed by atoms with Crippen molar-refractivity contribution in [3.05, 3.63) is 28.8 Å². The quantitative estimate of drug-likeness (QED) is 0.821. The fourth-order valence-corrected chi connectivity index (χ4v) is 2.10. The van der Waals surface area contributed by atoms with Crippen LogP contribution in [0.15, 0.2) is 18.2 Å². The van der Waals surface area contributed by atoms with Gasteiger partial charge in [-0.15, -0.1) is 0 Å². The molecule has 1 saturated heterocycles. The SMILES string of the molecule is COC(=O)c1cc(Cl)ccc1NC(=O)C1CNC(=O)C1. The Morgan fingerprint density at radius 1 is 1.45 bits per heavy atom. The van der Waals surface area contributed by atoms with E-state index in [1.54, 1.807) is 6.07 Å². The van der Waals surface area contributed by atoms with Gasteiger partial charge in [-0.2, -0.15) is 0 Å². The lowest BCUT2D eigenvalue weighted by atomic mass is 10.1. The lowest BCUT2D eigenvalue weighted by Crippen LogP contribution is -2.25. The number of carbonyl (C=O) groups excluding carboxylic acids is 3. The van der Waals surface area contributed by atoms with Crippen molar-refractivity contribution in [2.45, 2.75) is 6.42 Å². The third kappa shape index (κ3) is 3.08. The molecule has 2 N–H and O–H groups in total. The molecule has 0 saturated carbocycles. The molecule has 0 spiro atoms. The first-order valence-corrected chi connectivity index (χ1v) is 6.34. The van der Waals surface area contributed by atoms with Crippen molar-refractivity contribution in [2.75, 3.05) is 19.0 Å². The van der Waals surface area contributed by atoms with Crippen LogP contribution in [0.25, 0.3) is 0 Å². The van der Waals surface area contributed by atoms with E-state index >= 15 is 0 Å². The van der Waals surface area contributed by atoms with Gasteiger partial charge in [0.2, 0.25) is 11.8 Å². The van der Waals surface area contributed by atoms with Crippen LogP contribution in [0.4, 0.5) is 5.69 Å². The summed E-state index contributed by atoms with van der Waals surface area (Å²) in [5, 5.41) is 5.57. The Morgan fingerprint density at radius 2 is 2.20 bits per heavy atom. The molecule has 1 heterocycles. The van der Waals surface area contributed by atoms with Crippen molar-refractivity contribution >= 4 is 35.1 Å². The topological polar surface area (TPSA) is 84.5 Å². The molecule has 0 aromatic heterocycles. The lowest BCUT2D eigenvalue weighted by Gasteiger charge is -2.12. The van der Waals surface area contributed by atoms with Gasteiger partial charge < -0.3 is 15.4 Å². The molecular formula is C13H13ClN2O4. The minimum absolute atomic E-state index is 0.146. The number of esters is 1. The molecule has 1 unspecified atom stereocenters. The second-order valence-corrected chi connectivity index (χ2v) is 4.81. The van der Waals surface area contributed by atoms with Crippen LogP contribution < -0.4 is 10.6 Å². The summed E-state index contributed by atoms with van der Waals surface area (Å²) in [4.78, 5) is 34.8. The first-order chi connectivity index (χ1) is 9.51. The van der Waals surface area contributed by atoms with Gasteiger partial charge in [0.1, 0.15) is 0 Å². The number of carbonyl (C=O) groups is 3. The van der Waals surface area contributed by atoms with Gasteiger partial charge in [-0.1, -0.05) is 11.6 Å². The molecule has 1 aliphatic heterocycles. The summed E-state index contributed by atoms with van der Waals surface area (Å²) in [6, 6.07) is 4.50. The Kier molecular flexibility index (Phi) is 4.24. The zero-order valence-corrected chi connectivity index (χ0v) is 11.5. The average molecular weight is 297 g/mol. The van der Waals surface area contributed by atoms with E-state index in [1.807, 2.05) is 0 Å². The molecule has 0 radical (unpaired) electrons. The number of halogens is 1. The number of rotatable bonds is 3. The highest BCUT2D eigenvalue weighted by Gasteiger charge is 2.28. The minimum atomic E-state index is -0.594. The highest BCUT2D eigenvalue weighted by molar-refractivity contribution is 6.31. The summed E-state index contributed by atoms with van der Waals surface area (Å²) in [6.07, 6.45) is 0.146. The van der Waals surface area contributed by atoms with Crippen molar-refractivity contribution in [1.82, 2.24) is 5.32 Å². The van der Waals surface area contributed by atoms with Crippen LogP contribution in [0, 0.1) is 5.92 Å². The van der Waals surface area contributed by atoms with Crippen molar-refractivity contribution in [2.24, 2.45) is 5.92 Å². The number of methoxy groups -OCH3 is 1. The van der Waals surface area contributed by atoms with Gasteiger partial charge >= 0.3 is 5.97 Å². The zero-order chi connectivity index (χ0) is 14.7. The zero-order valence-electron chi connectivity index (χ0n) is 10.7. The van der Waals surface area contributed by atoms with Gasteiger partial charge in [0.05, 0.1) is 24.3 Å². The van der Waals surface area contributed by atoms with E-state index in [-0.39, 0.29) is 23.8 Å². The fourth-order valence-electron chi connectivity index (χ4n) is 1.93. The summed E-state index contributed by atoms with van der Waals surface area (Å²) in [7, 11) is 1.24. The molecule has 7 heteroatoms. The minimum Gasteiger partial charge on any atom is -0.465 e. The predicted molar refractivity (Wildman–Crippen MR) is 72.5 cm³/mol. The number of anilines is 1. The van der Waals surface area contributed by atoms with Crippen molar-refractivity contribution in [3.8, 4) is 0 Å². The summed E-state index contributed by atoms with van der Waals surface area (Å²) in [5.41, 5.74) is 0.483. The molecule has 1 aliphatic rings. The monoisotopic (exact) mass is 296 g/mol. The number of hydrogen-bond donors (Lipinski definition) is 2. The van der Waals surface area contributed by atoms with Crippen LogP contribution in [0.5, 0.6) is 0 Å². The molecule has 2 amide bonds. The highest BCUT2D eigenvalue weighted by atomic mass is 35.5. The smallest absolute Gasteiger partial charge is 0.340 e. The molecule has 0 bridgehead atoms. The maximum atomic E-state index is 12.0. The Balaban J connectivity index is 2.18. The molecule has 1 aromatic rings. The third-order valence-electron chi connectivity index (χ3n) is 2.99. The molecule has 1 aromatic carbocycles. The second kappa shape index (κ2) is 5.92. The number of hydrogen-bond acceptors (Lipinski definition) is 4. The van der Waals surface area contributed by atoms with Gasteiger partial charge in [-0.05, 0) is 18.2 Å². The summed E-state index contributed by atoms with van der Waals surface area (Å²) < 4.78 is 4.64.